The zero-order valence-electron chi connectivity index (χ0n) is 15.2. The molecule has 2 fully saturated rings. The van der Waals surface area contributed by atoms with E-state index in [0.717, 1.165) is 44.9 Å². The van der Waals surface area contributed by atoms with Crippen molar-refractivity contribution in [1.29, 1.82) is 0 Å². The fourth-order valence-corrected chi connectivity index (χ4v) is 6.08. The summed E-state index contributed by atoms with van der Waals surface area (Å²) in [6, 6.07) is 4.70. The average Bonchev–Trinajstić information content (AvgIpc) is 3.23. The van der Waals surface area contributed by atoms with E-state index in [9.17, 15) is 8.42 Å². The van der Waals surface area contributed by atoms with Crippen molar-refractivity contribution in [2.45, 2.75) is 32.2 Å². The summed E-state index contributed by atoms with van der Waals surface area (Å²) in [5.41, 5.74) is 0. The highest BCUT2D eigenvalue weighted by atomic mass is 127. The van der Waals surface area contributed by atoms with Crippen LogP contribution < -0.4 is 15.5 Å². The van der Waals surface area contributed by atoms with Crippen LogP contribution in [0.2, 0.25) is 0 Å². The minimum absolute atomic E-state index is 0. The monoisotopic (exact) mass is 512 g/mol. The largest absolute Gasteiger partial charge is 0.363 e. The normalized spacial score (nSPS) is 23.5. The van der Waals surface area contributed by atoms with Gasteiger partial charge in [0.2, 0.25) is 0 Å². The summed E-state index contributed by atoms with van der Waals surface area (Å²) in [6.45, 7) is 5.55. The first-order valence-corrected chi connectivity index (χ1v) is 11.8. The minimum Gasteiger partial charge on any atom is -0.363 e. The maximum atomic E-state index is 11.6. The van der Waals surface area contributed by atoms with Gasteiger partial charge >= 0.3 is 0 Å². The Kier molecular flexibility index (Phi) is 8.46. The number of aliphatic imine (C=N–C) groups is 1. The van der Waals surface area contributed by atoms with Gasteiger partial charge in [-0.05, 0) is 49.6 Å². The molecule has 2 saturated heterocycles. The highest BCUT2D eigenvalue weighted by Gasteiger charge is 2.27. The van der Waals surface area contributed by atoms with Gasteiger partial charge in [-0.2, -0.15) is 0 Å². The molecule has 26 heavy (non-hydrogen) atoms. The molecule has 0 saturated carbocycles. The molecule has 0 bridgehead atoms. The molecule has 0 amide bonds. The second-order valence-corrected chi connectivity index (χ2v) is 10.0. The molecule has 1 aromatic heterocycles. The molecule has 9 heteroatoms. The lowest BCUT2D eigenvalue weighted by molar-refractivity contribution is 0.462. The van der Waals surface area contributed by atoms with Crippen molar-refractivity contribution in [3.63, 3.8) is 0 Å². The average molecular weight is 512 g/mol. The third-order valence-electron chi connectivity index (χ3n) is 4.83. The van der Waals surface area contributed by atoms with Gasteiger partial charge in [-0.25, -0.2) is 8.42 Å². The van der Waals surface area contributed by atoms with Crippen molar-refractivity contribution in [1.82, 2.24) is 10.6 Å². The predicted octanol–water partition coefficient (Wildman–Crippen LogP) is 2.32. The molecule has 2 N–H and O–H groups in total. The van der Waals surface area contributed by atoms with Crippen molar-refractivity contribution in [2.75, 3.05) is 42.6 Å². The van der Waals surface area contributed by atoms with Crippen molar-refractivity contribution in [2.24, 2.45) is 10.9 Å². The fraction of sp³-hybridized carbons (Fsp3) is 0.706. The molecule has 1 aromatic rings. The summed E-state index contributed by atoms with van der Waals surface area (Å²) in [5, 5.41) is 10.3. The van der Waals surface area contributed by atoms with Crippen LogP contribution in [0.4, 0.5) is 5.00 Å². The minimum atomic E-state index is -2.83. The third kappa shape index (κ3) is 6.26. The standard InChI is InChI=1S/C17H28N4O2S2.HI/c1-2-18-17(19-12-14-7-11-25(22,23)13-14)20-15-5-8-21(9-6-15)16-4-3-10-24-16;/h3-4,10,14-15H,2,5-9,11-13H2,1H3,(H2,18,19,20);1H. The molecule has 3 heterocycles. The van der Waals surface area contributed by atoms with Crippen LogP contribution in [0.15, 0.2) is 22.5 Å². The van der Waals surface area contributed by atoms with Crippen LogP contribution in [0.1, 0.15) is 26.2 Å². The van der Waals surface area contributed by atoms with E-state index in [1.54, 1.807) is 11.3 Å². The quantitative estimate of drug-likeness (QED) is 0.360. The van der Waals surface area contributed by atoms with E-state index < -0.39 is 9.84 Å². The van der Waals surface area contributed by atoms with Crippen molar-refractivity contribution < 1.29 is 8.42 Å². The number of thiophene rings is 1. The molecule has 0 aromatic carbocycles. The van der Waals surface area contributed by atoms with Gasteiger partial charge in [0.1, 0.15) is 0 Å². The first kappa shape index (κ1) is 21.7. The zero-order chi connectivity index (χ0) is 17.7. The molecule has 1 atom stereocenters. The molecule has 2 aliphatic rings. The Morgan fingerprint density at radius 1 is 1.35 bits per heavy atom. The number of hydrogen-bond acceptors (Lipinski definition) is 5. The second-order valence-electron chi connectivity index (χ2n) is 6.85. The summed E-state index contributed by atoms with van der Waals surface area (Å²) in [4.78, 5) is 7.08. The predicted molar refractivity (Wildman–Crippen MR) is 121 cm³/mol. The molecular formula is C17H29IN4O2S2. The molecule has 3 rings (SSSR count). The summed E-state index contributed by atoms with van der Waals surface area (Å²) in [5.74, 6) is 1.59. The van der Waals surface area contributed by atoms with Crippen LogP contribution in [0.3, 0.4) is 0 Å². The summed E-state index contributed by atoms with van der Waals surface area (Å²) in [6.07, 6.45) is 2.91. The van der Waals surface area contributed by atoms with E-state index in [1.165, 1.54) is 5.00 Å². The molecule has 0 aliphatic carbocycles. The highest BCUT2D eigenvalue weighted by Crippen LogP contribution is 2.24. The molecule has 0 radical (unpaired) electrons. The van der Waals surface area contributed by atoms with E-state index in [0.29, 0.717) is 18.3 Å². The van der Waals surface area contributed by atoms with Gasteiger partial charge in [0.15, 0.2) is 15.8 Å². The van der Waals surface area contributed by atoms with Crippen LogP contribution in [0.25, 0.3) is 0 Å². The van der Waals surface area contributed by atoms with E-state index >= 15 is 0 Å². The number of anilines is 1. The van der Waals surface area contributed by atoms with Crippen LogP contribution in [-0.2, 0) is 9.84 Å². The van der Waals surface area contributed by atoms with Crippen LogP contribution in [0, 0.1) is 5.92 Å². The van der Waals surface area contributed by atoms with Gasteiger partial charge in [0, 0.05) is 32.2 Å². The topological polar surface area (TPSA) is 73.8 Å². The van der Waals surface area contributed by atoms with Crippen LogP contribution >= 0.6 is 35.3 Å². The van der Waals surface area contributed by atoms with Crippen molar-refractivity contribution in [3.05, 3.63) is 17.5 Å². The highest BCUT2D eigenvalue weighted by molar-refractivity contribution is 14.0. The number of rotatable bonds is 5. The molecule has 148 valence electrons. The Balaban J connectivity index is 0.00000243. The third-order valence-corrected chi connectivity index (χ3v) is 7.60. The Morgan fingerprint density at radius 2 is 2.12 bits per heavy atom. The lowest BCUT2D eigenvalue weighted by atomic mass is 10.1. The lowest BCUT2D eigenvalue weighted by Crippen LogP contribution is -2.48. The second kappa shape index (κ2) is 10.1. The lowest BCUT2D eigenvalue weighted by Gasteiger charge is -2.33. The van der Waals surface area contributed by atoms with Crippen molar-refractivity contribution >= 4 is 56.1 Å². The van der Waals surface area contributed by atoms with Gasteiger partial charge in [-0.15, -0.1) is 35.3 Å². The fourth-order valence-electron chi connectivity index (χ4n) is 3.44. The van der Waals surface area contributed by atoms with E-state index in [2.05, 4.69) is 45.0 Å². The number of piperidine rings is 1. The molecule has 0 spiro atoms. The van der Waals surface area contributed by atoms with E-state index in [1.807, 2.05) is 0 Å². The maximum absolute atomic E-state index is 11.6. The number of hydrogen-bond donors (Lipinski definition) is 2. The van der Waals surface area contributed by atoms with Gasteiger partial charge in [0.25, 0.3) is 0 Å². The van der Waals surface area contributed by atoms with Crippen LogP contribution in [-0.4, -0.2) is 58.1 Å². The van der Waals surface area contributed by atoms with Gasteiger partial charge in [-0.3, -0.25) is 4.99 Å². The maximum Gasteiger partial charge on any atom is 0.191 e. The molecule has 1 unspecified atom stereocenters. The Labute approximate surface area is 177 Å². The SMILES string of the molecule is CCNC(=NCC1CCS(=O)(=O)C1)NC1CCN(c2cccs2)CC1.I. The molecule has 2 aliphatic heterocycles. The number of nitrogens with zero attached hydrogens (tertiary/aromatic N) is 2. The zero-order valence-corrected chi connectivity index (χ0v) is 19.1. The summed E-state index contributed by atoms with van der Waals surface area (Å²) < 4.78 is 23.1. The molecular weight excluding hydrogens is 483 g/mol. The Hall–Kier alpha value is -0.550. The molecule has 6 nitrogen and oxygen atoms in total. The number of nitrogens with one attached hydrogen (secondary N) is 2. The smallest absolute Gasteiger partial charge is 0.191 e. The van der Waals surface area contributed by atoms with Crippen molar-refractivity contribution in [3.8, 4) is 0 Å². The Bertz CT molecular complexity index is 671. The number of sulfone groups is 1. The Morgan fingerprint density at radius 3 is 2.69 bits per heavy atom. The van der Waals surface area contributed by atoms with Gasteiger partial charge in [0.05, 0.1) is 16.5 Å². The van der Waals surface area contributed by atoms with Gasteiger partial charge in [-0.1, -0.05) is 0 Å². The van der Waals surface area contributed by atoms with E-state index in [4.69, 9.17) is 0 Å². The first-order chi connectivity index (χ1) is 12.1. The summed E-state index contributed by atoms with van der Waals surface area (Å²) in [7, 11) is -2.83. The van der Waals surface area contributed by atoms with Gasteiger partial charge < -0.3 is 15.5 Å². The first-order valence-electron chi connectivity index (χ1n) is 9.09. The number of guanidine groups is 1. The van der Waals surface area contributed by atoms with E-state index in [-0.39, 0.29) is 35.6 Å². The summed E-state index contributed by atoms with van der Waals surface area (Å²) >= 11 is 1.80. The van der Waals surface area contributed by atoms with Crippen LogP contribution in [0.5, 0.6) is 0 Å². The number of halogens is 1.